The van der Waals surface area contributed by atoms with Crippen LogP contribution in [0.5, 0.6) is 0 Å². The van der Waals surface area contributed by atoms with Gasteiger partial charge in [-0.2, -0.15) is 0 Å². The smallest absolute Gasteiger partial charge is 0.407 e. The molecule has 1 aliphatic rings. The molecule has 2 nitrogen and oxygen atoms in total. The summed E-state index contributed by atoms with van der Waals surface area (Å²) >= 11 is 0. The Bertz CT molecular complexity index is 675. The topological polar surface area (TPSA) is 18.5 Å². The van der Waals surface area contributed by atoms with E-state index in [-0.39, 0.29) is 5.56 Å². The second-order valence-corrected chi connectivity index (χ2v) is 6.03. The molecule has 0 N–H and O–H groups in total. The molecular formula is C18H18BF3O2. The molecule has 1 aliphatic heterocycles. The average Bonchev–Trinajstić information content (AvgIpc) is 2.60. The Morgan fingerprint density at radius 1 is 0.958 bits per heavy atom. The summed E-state index contributed by atoms with van der Waals surface area (Å²) in [6.07, 6.45) is 2.18. The first-order valence-electron chi connectivity index (χ1n) is 8.06. The molecule has 24 heavy (non-hydrogen) atoms. The van der Waals surface area contributed by atoms with E-state index in [1.54, 1.807) is 24.3 Å². The van der Waals surface area contributed by atoms with Crippen LogP contribution >= 0.6 is 0 Å². The predicted molar refractivity (Wildman–Crippen MR) is 87.4 cm³/mol. The fourth-order valence-corrected chi connectivity index (χ4v) is 2.87. The molecule has 1 heterocycles. The monoisotopic (exact) mass is 334 g/mol. The second-order valence-electron chi connectivity index (χ2n) is 6.03. The Kier molecular flexibility index (Phi) is 5.26. The van der Waals surface area contributed by atoms with Crippen LogP contribution in [0.1, 0.15) is 19.8 Å². The van der Waals surface area contributed by atoms with Crippen LogP contribution in [0.4, 0.5) is 13.2 Å². The SMILES string of the molecule is CCCC1COB(c2ccc(-c3cc(F)c(F)c(F)c3)cc2)OC1. The maximum Gasteiger partial charge on any atom is 0.493 e. The van der Waals surface area contributed by atoms with Crippen molar-refractivity contribution in [2.75, 3.05) is 13.2 Å². The van der Waals surface area contributed by atoms with Crippen molar-refractivity contribution in [3.63, 3.8) is 0 Å². The van der Waals surface area contributed by atoms with Crippen LogP contribution in [0.15, 0.2) is 36.4 Å². The van der Waals surface area contributed by atoms with Crippen molar-refractivity contribution in [1.82, 2.24) is 0 Å². The van der Waals surface area contributed by atoms with Crippen LogP contribution in [0.25, 0.3) is 11.1 Å². The zero-order valence-electron chi connectivity index (χ0n) is 13.4. The zero-order chi connectivity index (χ0) is 17.1. The minimum atomic E-state index is -1.46. The summed E-state index contributed by atoms with van der Waals surface area (Å²) in [5.74, 6) is -3.43. The molecule has 0 spiro atoms. The first kappa shape index (κ1) is 17.1. The van der Waals surface area contributed by atoms with E-state index in [0.717, 1.165) is 30.4 Å². The van der Waals surface area contributed by atoms with Gasteiger partial charge in [0.1, 0.15) is 0 Å². The summed E-state index contributed by atoms with van der Waals surface area (Å²) in [6.45, 7) is 3.45. The molecule has 2 aromatic rings. The summed E-state index contributed by atoms with van der Waals surface area (Å²) in [5.41, 5.74) is 1.72. The highest BCUT2D eigenvalue weighted by atomic mass is 19.2. The molecule has 126 valence electrons. The van der Waals surface area contributed by atoms with Gasteiger partial charge in [-0.15, -0.1) is 0 Å². The van der Waals surface area contributed by atoms with Crippen molar-refractivity contribution < 1.29 is 22.5 Å². The Morgan fingerprint density at radius 3 is 2.08 bits per heavy atom. The first-order chi connectivity index (χ1) is 11.6. The van der Waals surface area contributed by atoms with Gasteiger partial charge in [0.05, 0.1) is 0 Å². The van der Waals surface area contributed by atoms with Crippen molar-refractivity contribution in [2.45, 2.75) is 19.8 Å². The highest BCUT2D eigenvalue weighted by molar-refractivity contribution is 6.61. The van der Waals surface area contributed by atoms with E-state index < -0.39 is 24.6 Å². The molecule has 2 aromatic carbocycles. The Balaban J connectivity index is 1.72. The molecule has 1 saturated heterocycles. The van der Waals surface area contributed by atoms with Crippen LogP contribution in [0.3, 0.4) is 0 Å². The second kappa shape index (κ2) is 7.41. The highest BCUT2D eigenvalue weighted by Crippen LogP contribution is 2.23. The summed E-state index contributed by atoms with van der Waals surface area (Å²) < 4.78 is 51.2. The maximum atomic E-state index is 13.3. The van der Waals surface area contributed by atoms with Gasteiger partial charge < -0.3 is 9.31 Å². The highest BCUT2D eigenvalue weighted by Gasteiger charge is 2.28. The molecule has 0 saturated carbocycles. The van der Waals surface area contributed by atoms with Gasteiger partial charge in [0.25, 0.3) is 0 Å². The molecule has 0 aliphatic carbocycles. The lowest BCUT2D eigenvalue weighted by atomic mass is 9.76. The van der Waals surface area contributed by atoms with Gasteiger partial charge in [0.15, 0.2) is 17.5 Å². The van der Waals surface area contributed by atoms with Gasteiger partial charge in [-0.3, -0.25) is 0 Å². The fraction of sp³-hybridized carbons (Fsp3) is 0.333. The van der Waals surface area contributed by atoms with Gasteiger partial charge in [-0.05, 0) is 35.1 Å². The molecular weight excluding hydrogens is 316 g/mol. The molecule has 0 aromatic heterocycles. The van der Waals surface area contributed by atoms with Crippen LogP contribution in [-0.2, 0) is 9.31 Å². The van der Waals surface area contributed by atoms with E-state index >= 15 is 0 Å². The number of rotatable bonds is 4. The van der Waals surface area contributed by atoms with Gasteiger partial charge in [-0.25, -0.2) is 13.2 Å². The number of halogens is 3. The van der Waals surface area contributed by atoms with Crippen LogP contribution in [0, 0.1) is 23.4 Å². The number of hydrogen-bond donors (Lipinski definition) is 0. The molecule has 0 bridgehead atoms. The van der Waals surface area contributed by atoms with Gasteiger partial charge in [0, 0.05) is 19.1 Å². The lowest BCUT2D eigenvalue weighted by Crippen LogP contribution is -2.44. The third-order valence-corrected chi connectivity index (χ3v) is 4.16. The summed E-state index contributed by atoms with van der Waals surface area (Å²) in [5, 5.41) is 0. The van der Waals surface area contributed by atoms with Gasteiger partial charge in [0.2, 0.25) is 0 Å². The van der Waals surface area contributed by atoms with Crippen molar-refractivity contribution in [2.24, 2.45) is 5.92 Å². The standard InChI is InChI=1S/C18H18BF3O2/c1-2-3-12-10-23-19(24-11-12)15-6-4-13(5-7-15)14-8-16(20)18(22)17(21)9-14/h4-9,12H,2-3,10-11H2,1H3. The third kappa shape index (κ3) is 3.65. The molecule has 1 fully saturated rings. The van der Waals surface area contributed by atoms with Gasteiger partial charge >= 0.3 is 7.12 Å². The molecule has 3 rings (SSSR count). The van der Waals surface area contributed by atoms with Crippen LogP contribution < -0.4 is 5.46 Å². The normalized spacial score (nSPS) is 15.8. The third-order valence-electron chi connectivity index (χ3n) is 4.16. The lowest BCUT2D eigenvalue weighted by Gasteiger charge is -2.27. The quantitative estimate of drug-likeness (QED) is 0.623. The predicted octanol–water partition coefficient (Wildman–Crippen LogP) is 3.93. The summed E-state index contributed by atoms with van der Waals surface area (Å²) in [4.78, 5) is 0. The van der Waals surface area contributed by atoms with E-state index in [1.165, 1.54) is 0 Å². The van der Waals surface area contributed by atoms with E-state index in [2.05, 4.69) is 6.92 Å². The van der Waals surface area contributed by atoms with Gasteiger partial charge in [-0.1, -0.05) is 37.6 Å². The molecule has 0 radical (unpaired) electrons. The van der Waals surface area contributed by atoms with Crippen LogP contribution in [-0.4, -0.2) is 20.3 Å². The summed E-state index contributed by atoms with van der Waals surface area (Å²) in [6, 6.07) is 8.98. The minimum Gasteiger partial charge on any atom is -0.407 e. The lowest BCUT2D eigenvalue weighted by molar-refractivity contribution is 0.0821. The largest absolute Gasteiger partial charge is 0.493 e. The van der Waals surface area contributed by atoms with E-state index in [9.17, 15) is 13.2 Å². The molecule has 0 unspecified atom stereocenters. The Hall–Kier alpha value is -1.79. The maximum absolute atomic E-state index is 13.3. The molecule has 0 amide bonds. The van der Waals surface area contributed by atoms with E-state index in [1.807, 2.05) is 0 Å². The fourth-order valence-electron chi connectivity index (χ4n) is 2.87. The van der Waals surface area contributed by atoms with E-state index in [0.29, 0.717) is 24.7 Å². The first-order valence-corrected chi connectivity index (χ1v) is 8.06. The van der Waals surface area contributed by atoms with Crippen LogP contribution in [0.2, 0.25) is 0 Å². The van der Waals surface area contributed by atoms with Crippen molar-refractivity contribution in [1.29, 1.82) is 0 Å². The minimum absolute atomic E-state index is 0.284. The number of hydrogen-bond acceptors (Lipinski definition) is 2. The van der Waals surface area contributed by atoms with Crippen molar-refractivity contribution in [3.8, 4) is 11.1 Å². The molecule has 6 heteroatoms. The van der Waals surface area contributed by atoms with Crippen molar-refractivity contribution >= 4 is 12.6 Å². The average molecular weight is 334 g/mol. The zero-order valence-corrected chi connectivity index (χ0v) is 13.4. The summed E-state index contributed by atoms with van der Waals surface area (Å²) in [7, 11) is -0.422. The van der Waals surface area contributed by atoms with E-state index in [4.69, 9.17) is 9.31 Å². The Morgan fingerprint density at radius 2 is 1.54 bits per heavy atom. The van der Waals surface area contributed by atoms with Crippen molar-refractivity contribution in [3.05, 3.63) is 53.8 Å². The Labute approximate surface area is 139 Å². The molecule has 0 atom stereocenters. The number of benzene rings is 2.